The molecule has 2 aliphatic rings. The summed E-state index contributed by atoms with van der Waals surface area (Å²) in [5.74, 6) is -1.35. The molecule has 2 rings (SSSR count). The number of carbonyl (C=O) groups is 2. The molecule has 2 saturated heterocycles. The first-order chi connectivity index (χ1) is 8.00. The van der Waals surface area contributed by atoms with Crippen molar-refractivity contribution in [2.75, 3.05) is 13.1 Å². The smallest absolute Gasteiger partial charge is 0.326 e. The van der Waals surface area contributed by atoms with Crippen LogP contribution in [0.4, 0.5) is 0 Å². The van der Waals surface area contributed by atoms with Crippen LogP contribution in [-0.2, 0) is 9.59 Å². The molecule has 0 saturated carbocycles. The van der Waals surface area contributed by atoms with Crippen LogP contribution in [0.15, 0.2) is 0 Å². The molecule has 0 bridgehead atoms. The summed E-state index contributed by atoms with van der Waals surface area (Å²) in [7, 11) is 0. The number of carbonyl (C=O) groups excluding carboxylic acids is 1. The van der Waals surface area contributed by atoms with E-state index in [0.717, 1.165) is 13.0 Å². The van der Waals surface area contributed by atoms with E-state index in [1.54, 1.807) is 0 Å². The average molecular weight is 242 g/mol. The number of amides is 1. The number of β-amino-alcohol motifs (C(OH)–C–C–N with tert-alkyl or cyclic N) is 1. The van der Waals surface area contributed by atoms with Crippen molar-refractivity contribution >= 4 is 11.9 Å². The van der Waals surface area contributed by atoms with Gasteiger partial charge in [0.05, 0.1) is 12.0 Å². The molecule has 6 nitrogen and oxygen atoms in total. The molecule has 2 fully saturated rings. The molecule has 1 amide bonds. The summed E-state index contributed by atoms with van der Waals surface area (Å²) in [6, 6.07) is -0.792. The Bertz CT molecular complexity index is 333. The van der Waals surface area contributed by atoms with Gasteiger partial charge in [0, 0.05) is 19.0 Å². The maximum absolute atomic E-state index is 12.2. The molecule has 2 unspecified atom stereocenters. The fourth-order valence-corrected chi connectivity index (χ4v) is 2.70. The molecule has 0 radical (unpaired) electrons. The summed E-state index contributed by atoms with van der Waals surface area (Å²) in [6.07, 6.45) is 0.152. The molecule has 0 spiro atoms. The molecule has 96 valence electrons. The molecule has 4 atom stereocenters. The number of hydrogen-bond donors (Lipinski definition) is 3. The number of nitrogens with one attached hydrogen (secondary N) is 1. The highest BCUT2D eigenvalue weighted by Gasteiger charge is 2.43. The Hall–Kier alpha value is -1.14. The SMILES string of the molecule is CC1NCCC1C(=O)N1C[C@H](O)C[C@H]1C(=O)O. The van der Waals surface area contributed by atoms with E-state index in [4.69, 9.17) is 5.11 Å². The number of aliphatic hydroxyl groups excluding tert-OH is 1. The highest BCUT2D eigenvalue weighted by atomic mass is 16.4. The minimum absolute atomic E-state index is 0.0784. The van der Waals surface area contributed by atoms with Gasteiger partial charge in [-0.15, -0.1) is 0 Å². The lowest BCUT2D eigenvalue weighted by atomic mass is 10.00. The summed E-state index contributed by atoms with van der Waals surface area (Å²) in [5.41, 5.74) is 0. The first-order valence-electron chi connectivity index (χ1n) is 5.95. The van der Waals surface area contributed by atoms with Gasteiger partial charge >= 0.3 is 5.97 Å². The number of aliphatic carboxylic acids is 1. The number of rotatable bonds is 2. The maximum atomic E-state index is 12.2. The third kappa shape index (κ3) is 2.28. The zero-order chi connectivity index (χ0) is 12.6. The van der Waals surface area contributed by atoms with E-state index < -0.39 is 18.1 Å². The Labute approximate surface area is 99.6 Å². The van der Waals surface area contributed by atoms with Crippen molar-refractivity contribution in [3.05, 3.63) is 0 Å². The topological polar surface area (TPSA) is 89.9 Å². The third-order valence-corrected chi connectivity index (χ3v) is 3.69. The predicted octanol–water partition coefficient (Wildman–Crippen LogP) is -0.969. The predicted molar refractivity (Wildman–Crippen MR) is 59.3 cm³/mol. The Morgan fingerprint density at radius 3 is 2.65 bits per heavy atom. The van der Waals surface area contributed by atoms with Gasteiger partial charge in [-0.1, -0.05) is 0 Å². The molecule has 2 aliphatic heterocycles. The molecule has 17 heavy (non-hydrogen) atoms. The monoisotopic (exact) mass is 242 g/mol. The number of carboxylic acids is 1. The van der Waals surface area contributed by atoms with Crippen LogP contribution in [0.25, 0.3) is 0 Å². The van der Waals surface area contributed by atoms with Crippen LogP contribution in [-0.4, -0.2) is 58.3 Å². The minimum Gasteiger partial charge on any atom is -0.480 e. The van der Waals surface area contributed by atoms with Gasteiger partial charge < -0.3 is 20.4 Å². The van der Waals surface area contributed by atoms with Gasteiger partial charge in [0.1, 0.15) is 6.04 Å². The number of carboxylic acid groups (broad SMARTS) is 1. The summed E-state index contributed by atoms with van der Waals surface area (Å²) in [4.78, 5) is 24.6. The number of hydrogen-bond acceptors (Lipinski definition) is 4. The van der Waals surface area contributed by atoms with Crippen molar-refractivity contribution in [2.24, 2.45) is 5.92 Å². The molecule has 6 heteroatoms. The number of aliphatic hydroxyl groups is 1. The quantitative estimate of drug-likeness (QED) is 0.580. The van der Waals surface area contributed by atoms with Gasteiger partial charge in [-0.2, -0.15) is 0 Å². The molecule has 3 N–H and O–H groups in total. The fourth-order valence-electron chi connectivity index (χ4n) is 2.70. The second-order valence-corrected chi connectivity index (χ2v) is 4.87. The Kier molecular flexibility index (Phi) is 3.35. The molecule has 0 aromatic carbocycles. The van der Waals surface area contributed by atoms with Crippen molar-refractivity contribution in [1.29, 1.82) is 0 Å². The molecule has 2 heterocycles. The lowest BCUT2D eigenvalue weighted by Crippen LogP contribution is -2.45. The number of likely N-dealkylation sites (tertiary alicyclic amines) is 1. The molecular weight excluding hydrogens is 224 g/mol. The molecule has 0 aromatic rings. The second-order valence-electron chi connectivity index (χ2n) is 4.87. The van der Waals surface area contributed by atoms with Crippen molar-refractivity contribution < 1.29 is 19.8 Å². The van der Waals surface area contributed by atoms with Crippen LogP contribution in [0, 0.1) is 5.92 Å². The first kappa shape index (κ1) is 12.3. The second kappa shape index (κ2) is 4.62. The van der Waals surface area contributed by atoms with Gasteiger partial charge in [0.15, 0.2) is 0 Å². The molecular formula is C11H18N2O4. The summed E-state index contributed by atoms with van der Waals surface area (Å²) in [6.45, 7) is 2.85. The van der Waals surface area contributed by atoms with Gasteiger partial charge in [-0.25, -0.2) is 4.79 Å². The van der Waals surface area contributed by atoms with Gasteiger partial charge in [0.2, 0.25) is 5.91 Å². The van der Waals surface area contributed by atoms with E-state index in [2.05, 4.69) is 5.32 Å². The third-order valence-electron chi connectivity index (χ3n) is 3.69. The molecule has 0 aromatic heterocycles. The fraction of sp³-hybridized carbons (Fsp3) is 0.818. The van der Waals surface area contributed by atoms with Crippen molar-refractivity contribution in [1.82, 2.24) is 10.2 Å². The lowest BCUT2D eigenvalue weighted by Gasteiger charge is -2.26. The standard InChI is InChI=1S/C11H18N2O4/c1-6-8(2-3-12-6)10(15)13-5-7(14)4-9(13)11(16)17/h6-9,12,14H,2-5H2,1H3,(H,16,17)/t6?,7-,8?,9+/m1/s1. The summed E-state index contributed by atoms with van der Waals surface area (Å²) < 4.78 is 0. The molecule has 0 aliphatic carbocycles. The summed E-state index contributed by atoms with van der Waals surface area (Å²) in [5, 5.41) is 21.7. The van der Waals surface area contributed by atoms with Crippen molar-refractivity contribution in [3.63, 3.8) is 0 Å². The van der Waals surface area contributed by atoms with Crippen molar-refractivity contribution in [3.8, 4) is 0 Å². The Morgan fingerprint density at radius 2 is 2.12 bits per heavy atom. The van der Waals surface area contributed by atoms with E-state index in [-0.39, 0.29) is 30.8 Å². The van der Waals surface area contributed by atoms with Gasteiger partial charge in [-0.05, 0) is 19.9 Å². The maximum Gasteiger partial charge on any atom is 0.326 e. The van der Waals surface area contributed by atoms with E-state index >= 15 is 0 Å². The highest BCUT2D eigenvalue weighted by Crippen LogP contribution is 2.25. The van der Waals surface area contributed by atoms with E-state index in [9.17, 15) is 14.7 Å². The van der Waals surface area contributed by atoms with Crippen LogP contribution in [0.3, 0.4) is 0 Å². The Morgan fingerprint density at radius 1 is 1.41 bits per heavy atom. The van der Waals surface area contributed by atoms with E-state index in [0.29, 0.717) is 0 Å². The van der Waals surface area contributed by atoms with Crippen LogP contribution in [0.2, 0.25) is 0 Å². The normalized spacial score (nSPS) is 37.4. The van der Waals surface area contributed by atoms with Gasteiger partial charge in [-0.3, -0.25) is 4.79 Å². The highest BCUT2D eigenvalue weighted by molar-refractivity contribution is 5.86. The zero-order valence-electron chi connectivity index (χ0n) is 9.80. The first-order valence-corrected chi connectivity index (χ1v) is 5.95. The largest absolute Gasteiger partial charge is 0.480 e. The zero-order valence-corrected chi connectivity index (χ0v) is 9.80. The van der Waals surface area contributed by atoms with Crippen LogP contribution >= 0.6 is 0 Å². The van der Waals surface area contributed by atoms with Crippen LogP contribution in [0.1, 0.15) is 19.8 Å². The van der Waals surface area contributed by atoms with Crippen LogP contribution in [0.5, 0.6) is 0 Å². The van der Waals surface area contributed by atoms with Gasteiger partial charge in [0.25, 0.3) is 0 Å². The Balaban J connectivity index is 2.10. The lowest BCUT2D eigenvalue weighted by molar-refractivity contribution is -0.150. The van der Waals surface area contributed by atoms with E-state index in [1.807, 2.05) is 6.92 Å². The van der Waals surface area contributed by atoms with Crippen molar-refractivity contribution in [2.45, 2.75) is 38.0 Å². The van der Waals surface area contributed by atoms with E-state index in [1.165, 1.54) is 4.90 Å². The summed E-state index contributed by atoms with van der Waals surface area (Å²) >= 11 is 0. The van der Waals surface area contributed by atoms with Crippen LogP contribution < -0.4 is 5.32 Å². The minimum atomic E-state index is -1.03. The number of nitrogens with zero attached hydrogens (tertiary/aromatic N) is 1. The average Bonchev–Trinajstić information content (AvgIpc) is 2.83.